The number of benzene rings is 1. The number of fused-ring (bicyclic) bond motifs is 1. The van der Waals surface area contributed by atoms with Crippen LogP contribution in [0.5, 0.6) is 0 Å². The van der Waals surface area contributed by atoms with Crippen molar-refractivity contribution >= 4 is 41.0 Å². The van der Waals surface area contributed by atoms with Gasteiger partial charge in [-0.3, -0.25) is 9.59 Å². The number of nitrogens with one attached hydrogen (secondary N) is 3. The number of halogens is 1. The molecule has 0 aliphatic heterocycles. The fourth-order valence-corrected chi connectivity index (χ4v) is 2.92. The molecule has 0 bridgehead atoms. The van der Waals surface area contributed by atoms with Crippen LogP contribution in [0.4, 0.5) is 0 Å². The molecule has 0 fully saturated rings. The Kier molecular flexibility index (Phi) is 9.44. The minimum atomic E-state index is -0.117. The average molecular weight is 371 g/mol. The molecular formula is C16H23ClN4O2S. The van der Waals surface area contributed by atoms with Crippen molar-refractivity contribution in [2.24, 2.45) is 0 Å². The Morgan fingerprint density at radius 2 is 2.08 bits per heavy atom. The normalized spacial score (nSPS) is 10.4. The third kappa shape index (κ3) is 6.51. The summed E-state index contributed by atoms with van der Waals surface area (Å²) in [4.78, 5) is 30.8. The Bertz CT molecular complexity index is 708. The van der Waals surface area contributed by atoms with E-state index in [4.69, 9.17) is 0 Å². The van der Waals surface area contributed by atoms with E-state index in [-0.39, 0.29) is 23.9 Å². The molecular weight excluding hydrogens is 348 g/mol. The summed E-state index contributed by atoms with van der Waals surface area (Å²) >= 11 is 1.59. The first kappa shape index (κ1) is 20.5. The number of H-pyrrole nitrogens is 1. The van der Waals surface area contributed by atoms with Gasteiger partial charge in [0.15, 0.2) is 0 Å². The molecule has 1 aromatic heterocycles. The van der Waals surface area contributed by atoms with Crippen LogP contribution < -0.4 is 16.2 Å². The molecule has 0 aliphatic carbocycles. The predicted octanol–water partition coefficient (Wildman–Crippen LogP) is 1.69. The highest BCUT2D eigenvalue weighted by Crippen LogP contribution is 2.11. The summed E-state index contributed by atoms with van der Waals surface area (Å²) in [6, 6.07) is 7.28. The molecule has 0 unspecified atom stereocenters. The topological polar surface area (TPSA) is 86.9 Å². The highest BCUT2D eigenvalue weighted by molar-refractivity contribution is 7.98. The molecule has 24 heavy (non-hydrogen) atoms. The molecule has 0 saturated carbocycles. The second-order valence-corrected chi connectivity index (χ2v) is 6.24. The van der Waals surface area contributed by atoms with Gasteiger partial charge in [-0.2, -0.15) is 11.8 Å². The Labute approximate surface area is 151 Å². The van der Waals surface area contributed by atoms with Crippen LogP contribution in [0.1, 0.15) is 18.7 Å². The van der Waals surface area contributed by atoms with Crippen molar-refractivity contribution in [3.8, 4) is 0 Å². The number of hydrogen-bond acceptors (Lipinski definition) is 5. The van der Waals surface area contributed by atoms with Crippen molar-refractivity contribution in [2.45, 2.75) is 18.6 Å². The van der Waals surface area contributed by atoms with Gasteiger partial charge in [-0.15, -0.1) is 12.4 Å². The van der Waals surface area contributed by atoms with Gasteiger partial charge in [0, 0.05) is 18.7 Å². The lowest BCUT2D eigenvalue weighted by atomic mass is 10.2. The number of aromatic nitrogens is 2. The van der Waals surface area contributed by atoms with Gasteiger partial charge in [-0.1, -0.05) is 12.1 Å². The standard InChI is InChI=1S/C16H22N4O2S.ClH/c1-17-8-4-9-18-15(21)7-10-23-11-14-19-13-6-3-2-5-12(13)16(22)20-14;/h2-3,5-6,17H,4,7-11H2,1H3,(H,18,21)(H,19,20,22);1H. The maximum atomic E-state index is 11.9. The number of thioether (sulfide) groups is 1. The van der Waals surface area contributed by atoms with Crippen molar-refractivity contribution < 1.29 is 4.79 Å². The summed E-state index contributed by atoms with van der Waals surface area (Å²) in [6.07, 6.45) is 1.40. The molecule has 0 saturated heterocycles. The van der Waals surface area contributed by atoms with Crippen LogP contribution in [0.25, 0.3) is 10.9 Å². The first-order valence-electron chi connectivity index (χ1n) is 7.67. The summed E-state index contributed by atoms with van der Waals surface area (Å²) < 4.78 is 0. The quantitative estimate of drug-likeness (QED) is 0.585. The molecule has 1 aromatic carbocycles. The van der Waals surface area contributed by atoms with Crippen LogP contribution in [-0.4, -0.2) is 41.8 Å². The van der Waals surface area contributed by atoms with E-state index in [0.717, 1.165) is 13.0 Å². The molecule has 2 rings (SSSR count). The lowest BCUT2D eigenvalue weighted by Gasteiger charge is -2.05. The molecule has 0 atom stereocenters. The molecule has 6 nitrogen and oxygen atoms in total. The van der Waals surface area contributed by atoms with E-state index in [1.54, 1.807) is 17.8 Å². The molecule has 132 valence electrons. The number of rotatable bonds is 9. The molecule has 0 spiro atoms. The zero-order valence-corrected chi connectivity index (χ0v) is 15.3. The fourth-order valence-electron chi connectivity index (χ4n) is 2.12. The van der Waals surface area contributed by atoms with E-state index in [1.807, 2.05) is 25.2 Å². The molecule has 8 heteroatoms. The highest BCUT2D eigenvalue weighted by Gasteiger charge is 2.04. The second-order valence-electron chi connectivity index (χ2n) is 5.14. The predicted molar refractivity (Wildman–Crippen MR) is 102 cm³/mol. The summed E-state index contributed by atoms with van der Waals surface area (Å²) in [5.74, 6) is 2.00. The van der Waals surface area contributed by atoms with E-state index in [0.29, 0.717) is 41.2 Å². The smallest absolute Gasteiger partial charge is 0.258 e. The van der Waals surface area contributed by atoms with E-state index in [2.05, 4.69) is 20.6 Å². The van der Waals surface area contributed by atoms with Crippen molar-refractivity contribution in [3.63, 3.8) is 0 Å². The second kappa shape index (κ2) is 11.1. The number of hydrogen-bond donors (Lipinski definition) is 3. The van der Waals surface area contributed by atoms with Gasteiger partial charge >= 0.3 is 0 Å². The van der Waals surface area contributed by atoms with Crippen molar-refractivity contribution in [1.82, 2.24) is 20.6 Å². The van der Waals surface area contributed by atoms with Gasteiger partial charge in [-0.25, -0.2) is 4.98 Å². The minimum absolute atomic E-state index is 0. The zero-order valence-electron chi connectivity index (χ0n) is 13.6. The molecule has 3 N–H and O–H groups in total. The van der Waals surface area contributed by atoms with Crippen LogP contribution >= 0.6 is 24.2 Å². The third-order valence-electron chi connectivity index (χ3n) is 3.30. The Balaban J connectivity index is 0.00000288. The minimum Gasteiger partial charge on any atom is -0.356 e. The third-order valence-corrected chi connectivity index (χ3v) is 4.27. The molecule has 1 amide bonds. The van der Waals surface area contributed by atoms with Crippen LogP contribution in [-0.2, 0) is 10.5 Å². The maximum Gasteiger partial charge on any atom is 0.258 e. The number of nitrogens with zero attached hydrogens (tertiary/aromatic N) is 1. The van der Waals surface area contributed by atoms with E-state index >= 15 is 0 Å². The Hall–Kier alpha value is -1.57. The molecule has 2 aromatic rings. The van der Waals surface area contributed by atoms with E-state index < -0.39 is 0 Å². The average Bonchev–Trinajstić information content (AvgIpc) is 2.56. The van der Waals surface area contributed by atoms with Crippen LogP contribution in [0.15, 0.2) is 29.1 Å². The van der Waals surface area contributed by atoms with Crippen molar-refractivity contribution in [2.75, 3.05) is 25.9 Å². The number of para-hydroxylation sites is 1. The maximum absolute atomic E-state index is 11.9. The molecule has 0 aliphatic rings. The summed E-state index contributed by atoms with van der Waals surface area (Å²) in [6.45, 7) is 1.60. The fraction of sp³-hybridized carbons (Fsp3) is 0.438. The van der Waals surface area contributed by atoms with Gasteiger partial charge in [0.1, 0.15) is 5.82 Å². The van der Waals surface area contributed by atoms with Crippen molar-refractivity contribution in [3.05, 3.63) is 40.4 Å². The largest absolute Gasteiger partial charge is 0.356 e. The van der Waals surface area contributed by atoms with Gasteiger partial charge < -0.3 is 15.6 Å². The summed E-state index contributed by atoms with van der Waals surface area (Å²) in [5, 5.41) is 6.52. The molecule has 0 radical (unpaired) electrons. The first-order chi connectivity index (χ1) is 11.2. The SMILES string of the molecule is CNCCCNC(=O)CCSCc1nc2ccccc2c(=O)[nH]1.Cl. The number of carbonyl (C=O) groups excluding carboxylic acids is 1. The van der Waals surface area contributed by atoms with Gasteiger partial charge in [0.05, 0.1) is 16.7 Å². The van der Waals surface area contributed by atoms with Gasteiger partial charge in [0.2, 0.25) is 5.91 Å². The highest BCUT2D eigenvalue weighted by atomic mass is 35.5. The van der Waals surface area contributed by atoms with Gasteiger partial charge in [0.25, 0.3) is 5.56 Å². The van der Waals surface area contributed by atoms with Crippen LogP contribution in [0.3, 0.4) is 0 Å². The lowest BCUT2D eigenvalue weighted by molar-refractivity contribution is -0.120. The summed E-state index contributed by atoms with van der Waals surface area (Å²) in [7, 11) is 1.89. The number of aromatic amines is 1. The zero-order chi connectivity index (χ0) is 16.5. The van der Waals surface area contributed by atoms with E-state index in [1.165, 1.54) is 0 Å². The summed E-state index contributed by atoms with van der Waals surface area (Å²) in [5.41, 5.74) is 0.586. The Morgan fingerprint density at radius 3 is 2.88 bits per heavy atom. The van der Waals surface area contributed by atoms with Crippen LogP contribution in [0, 0.1) is 0 Å². The monoisotopic (exact) mass is 370 g/mol. The van der Waals surface area contributed by atoms with Crippen molar-refractivity contribution in [1.29, 1.82) is 0 Å². The van der Waals surface area contributed by atoms with Gasteiger partial charge in [-0.05, 0) is 32.1 Å². The Morgan fingerprint density at radius 1 is 1.29 bits per heavy atom. The number of amides is 1. The lowest BCUT2D eigenvalue weighted by Crippen LogP contribution is -2.26. The first-order valence-corrected chi connectivity index (χ1v) is 8.83. The van der Waals surface area contributed by atoms with E-state index in [9.17, 15) is 9.59 Å². The van der Waals surface area contributed by atoms with Crippen LogP contribution in [0.2, 0.25) is 0 Å². The molecule has 1 heterocycles. The number of carbonyl (C=O) groups is 1.